The highest BCUT2D eigenvalue weighted by atomic mass is 35.5. The van der Waals surface area contributed by atoms with E-state index in [4.69, 9.17) is 17.3 Å². The first-order valence-corrected chi connectivity index (χ1v) is 7.23. The van der Waals surface area contributed by atoms with E-state index in [1.54, 1.807) is 0 Å². The lowest BCUT2D eigenvalue weighted by Crippen LogP contribution is -2.16. The van der Waals surface area contributed by atoms with Crippen molar-refractivity contribution in [1.29, 1.82) is 0 Å². The van der Waals surface area contributed by atoms with Gasteiger partial charge in [-0.25, -0.2) is 27.5 Å². The van der Waals surface area contributed by atoms with E-state index in [1.165, 1.54) is 25.3 Å². The summed E-state index contributed by atoms with van der Waals surface area (Å²) in [6, 6.07) is 3.59. The quantitative estimate of drug-likeness (QED) is 0.666. The van der Waals surface area contributed by atoms with Gasteiger partial charge in [0.25, 0.3) is 10.0 Å². The standard InChI is InChI=1S/C11H10ClFN4O2S/c1-6-4-7(5-8(14)10(6)13)20(18,19)17-11-15-3-2-9(12)16-11/h2-5H,14H2,1H3,(H,15,16,17). The number of nitrogen functional groups attached to an aromatic ring is 1. The van der Waals surface area contributed by atoms with Crippen LogP contribution < -0.4 is 10.5 Å². The van der Waals surface area contributed by atoms with Gasteiger partial charge in [0.2, 0.25) is 5.95 Å². The molecule has 0 aliphatic carbocycles. The number of nitrogens with zero attached hydrogens (tertiary/aromatic N) is 2. The Labute approximate surface area is 119 Å². The van der Waals surface area contributed by atoms with E-state index in [9.17, 15) is 12.8 Å². The topological polar surface area (TPSA) is 98.0 Å². The Morgan fingerprint density at radius 2 is 2.10 bits per heavy atom. The van der Waals surface area contributed by atoms with E-state index in [-0.39, 0.29) is 27.2 Å². The van der Waals surface area contributed by atoms with Crippen molar-refractivity contribution in [3.8, 4) is 0 Å². The lowest BCUT2D eigenvalue weighted by molar-refractivity contribution is 0.598. The van der Waals surface area contributed by atoms with Crippen LogP contribution in [0.5, 0.6) is 0 Å². The molecule has 9 heteroatoms. The number of sulfonamides is 1. The maximum Gasteiger partial charge on any atom is 0.264 e. The highest BCUT2D eigenvalue weighted by molar-refractivity contribution is 7.92. The third kappa shape index (κ3) is 2.97. The van der Waals surface area contributed by atoms with E-state index < -0.39 is 15.8 Å². The largest absolute Gasteiger partial charge is 0.396 e. The maximum absolute atomic E-state index is 13.4. The molecule has 0 unspecified atom stereocenters. The molecule has 1 aromatic heterocycles. The molecule has 1 heterocycles. The molecule has 0 aliphatic heterocycles. The average Bonchev–Trinajstić information content (AvgIpc) is 2.34. The monoisotopic (exact) mass is 316 g/mol. The second kappa shape index (κ2) is 5.22. The van der Waals surface area contributed by atoms with Gasteiger partial charge in [-0.15, -0.1) is 0 Å². The first kappa shape index (κ1) is 14.5. The first-order chi connectivity index (χ1) is 9.29. The zero-order valence-corrected chi connectivity index (χ0v) is 11.8. The zero-order valence-electron chi connectivity index (χ0n) is 10.3. The van der Waals surface area contributed by atoms with Crippen molar-refractivity contribution in [2.75, 3.05) is 10.5 Å². The normalized spacial score (nSPS) is 11.3. The molecule has 0 fully saturated rings. The van der Waals surface area contributed by atoms with Crippen LogP contribution in [0, 0.1) is 12.7 Å². The fraction of sp³-hybridized carbons (Fsp3) is 0.0909. The van der Waals surface area contributed by atoms with E-state index in [0.717, 1.165) is 6.07 Å². The number of aryl methyl sites for hydroxylation is 1. The van der Waals surface area contributed by atoms with Crippen molar-refractivity contribution in [3.05, 3.63) is 40.9 Å². The molecule has 2 aromatic rings. The molecule has 106 valence electrons. The smallest absolute Gasteiger partial charge is 0.264 e. The van der Waals surface area contributed by atoms with Crippen molar-refractivity contribution in [2.24, 2.45) is 0 Å². The number of hydrogen-bond donors (Lipinski definition) is 2. The van der Waals surface area contributed by atoms with Gasteiger partial charge in [0.15, 0.2) is 0 Å². The molecule has 0 radical (unpaired) electrons. The molecule has 0 saturated heterocycles. The Morgan fingerprint density at radius 1 is 1.40 bits per heavy atom. The van der Waals surface area contributed by atoms with Gasteiger partial charge in [0, 0.05) is 6.20 Å². The summed E-state index contributed by atoms with van der Waals surface area (Å²) in [7, 11) is -3.97. The molecule has 20 heavy (non-hydrogen) atoms. The number of hydrogen-bond acceptors (Lipinski definition) is 5. The molecule has 0 atom stereocenters. The minimum atomic E-state index is -3.97. The van der Waals surface area contributed by atoms with Gasteiger partial charge < -0.3 is 5.73 Å². The number of benzene rings is 1. The van der Waals surface area contributed by atoms with E-state index >= 15 is 0 Å². The van der Waals surface area contributed by atoms with Crippen LogP contribution >= 0.6 is 11.6 Å². The van der Waals surface area contributed by atoms with Crippen LogP contribution in [0.2, 0.25) is 5.15 Å². The van der Waals surface area contributed by atoms with Gasteiger partial charge in [-0.05, 0) is 30.7 Å². The summed E-state index contributed by atoms with van der Waals surface area (Å²) in [5.41, 5.74) is 5.29. The fourth-order valence-corrected chi connectivity index (χ4v) is 2.69. The van der Waals surface area contributed by atoms with Crippen LogP contribution in [0.3, 0.4) is 0 Å². The van der Waals surface area contributed by atoms with Crippen molar-refractivity contribution in [2.45, 2.75) is 11.8 Å². The van der Waals surface area contributed by atoms with Gasteiger partial charge >= 0.3 is 0 Å². The van der Waals surface area contributed by atoms with Crippen molar-refractivity contribution >= 4 is 33.3 Å². The number of rotatable bonds is 3. The Bertz CT molecular complexity index is 744. The highest BCUT2D eigenvalue weighted by Gasteiger charge is 2.18. The maximum atomic E-state index is 13.4. The summed E-state index contributed by atoms with van der Waals surface area (Å²) in [6.45, 7) is 1.42. The highest BCUT2D eigenvalue weighted by Crippen LogP contribution is 2.22. The number of nitrogens with two attached hydrogens (primary N) is 1. The van der Waals surface area contributed by atoms with Crippen LogP contribution in [0.15, 0.2) is 29.3 Å². The lowest BCUT2D eigenvalue weighted by Gasteiger charge is -2.09. The van der Waals surface area contributed by atoms with Crippen LogP contribution in [0.4, 0.5) is 16.0 Å². The van der Waals surface area contributed by atoms with Crippen LogP contribution in [-0.2, 0) is 10.0 Å². The molecule has 2 rings (SSSR count). The van der Waals surface area contributed by atoms with Crippen LogP contribution in [-0.4, -0.2) is 18.4 Å². The SMILES string of the molecule is Cc1cc(S(=O)(=O)Nc2nccc(Cl)n2)cc(N)c1F. The fourth-order valence-electron chi connectivity index (χ4n) is 1.48. The van der Waals surface area contributed by atoms with Crippen LogP contribution in [0.1, 0.15) is 5.56 Å². The molecular formula is C11H10ClFN4O2S. The van der Waals surface area contributed by atoms with E-state index in [1.807, 2.05) is 0 Å². The molecule has 0 aliphatic rings. The molecular weight excluding hydrogens is 307 g/mol. The molecule has 0 spiro atoms. The summed E-state index contributed by atoms with van der Waals surface area (Å²) < 4.78 is 39.8. The minimum absolute atomic E-state index is 0.0903. The lowest BCUT2D eigenvalue weighted by atomic mass is 10.2. The number of aromatic nitrogens is 2. The van der Waals surface area contributed by atoms with Crippen molar-refractivity contribution in [1.82, 2.24) is 9.97 Å². The van der Waals surface area contributed by atoms with Gasteiger partial charge in [-0.1, -0.05) is 11.6 Å². The molecule has 6 nitrogen and oxygen atoms in total. The minimum Gasteiger partial charge on any atom is -0.396 e. The summed E-state index contributed by atoms with van der Waals surface area (Å²) in [4.78, 5) is 7.24. The second-order valence-electron chi connectivity index (χ2n) is 3.95. The first-order valence-electron chi connectivity index (χ1n) is 5.36. The molecule has 0 bridgehead atoms. The van der Waals surface area contributed by atoms with E-state index in [0.29, 0.717) is 0 Å². The summed E-state index contributed by atoms with van der Waals surface area (Å²) >= 11 is 5.64. The van der Waals surface area contributed by atoms with Crippen molar-refractivity contribution in [3.63, 3.8) is 0 Å². The van der Waals surface area contributed by atoms with Gasteiger partial charge in [-0.3, -0.25) is 0 Å². The zero-order chi connectivity index (χ0) is 14.9. The number of halogens is 2. The summed E-state index contributed by atoms with van der Waals surface area (Å²) in [5.74, 6) is -0.832. The number of anilines is 2. The van der Waals surface area contributed by atoms with Crippen LogP contribution in [0.25, 0.3) is 0 Å². The molecule has 0 amide bonds. The Hall–Kier alpha value is -1.93. The summed E-state index contributed by atoms with van der Waals surface area (Å²) in [6.07, 6.45) is 1.30. The van der Waals surface area contributed by atoms with Gasteiger partial charge in [-0.2, -0.15) is 0 Å². The Kier molecular flexibility index (Phi) is 3.78. The predicted octanol–water partition coefficient (Wildman–Crippen LogP) is 1.96. The van der Waals surface area contributed by atoms with Gasteiger partial charge in [0.05, 0.1) is 10.6 Å². The molecule has 0 saturated carbocycles. The average molecular weight is 317 g/mol. The Morgan fingerprint density at radius 3 is 2.70 bits per heavy atom. The Balaban J connectivity index is 2.41. The number of nitrogens with one attached hydrogen (secondary N) is 1. The van der Waals surface area contributed by atoms with Gasteiger partial charge in [0.1, 0.15) is 11.0 Å². The third-order valence-electron chi connectivity index (χ3n) is 2.41. The molecule has 1 aromatic carbocycles. The molecule has 3 N–H and O–H groups in total. The van der Waals surface area contributed by atoms with E-state index in [2.05, 4.69) is 14.7 Å². The predicted molar refractivity (Wildman–Crippen MR) is 73.4 cm³/mol. The summed E-state index contributed by atoms with van der Waals surface area (Å²) in [5, 5.41) is 0.0903. The second-order valence-corrected chi connectivity index (χ2v) is 6.02. The third-order valence-corrected chi connectivity index (χ3v) is 3.93. The van der Waals surface area contributed by atoms with Crippen molar-refractivity contribution < 1.29 is 12.8 Å².